The Kier molecular flexibility index (Phi) is 2.49. The average Bonchev–Trinajstić information content (AvgIpc) is 2.59. The van der Waals surface area contributed by atoms with Crippen LogP contribution in [0.5, 0.6) is 0 Å². The first-order chi connectivity index (χ1) is 8.11. The van der Waals surface area contributed by atoms with Gasteiger partial charge in [0, 0.05) is 21.5 Å². The van der Waals surface area contributed by atoms with Gasteiger partial charge in [-0.15, -0.1) is 0 Å². The fourth-order valence-electron chi connectivity index (χ4n) is 2.48. The third-order valence-electron chi connectivity index (χ3n) is 3.19. The van der Waals surface area contributed by atoms with Crippen LogP contribution in [0.15, 0.2) is 34.8 Å². The molecule has 2 aromatic rings. The van der Waals surface area contributed by atoms with Crippen molar-refractivity contribution < 1.29 is 0 Å². The minimum atomic E-state index is 0.388. The number of hydrogen-bond acceptors (Lipinski definition) is 1. The molecule has 86 valence electrons. The molecule has 0 fully saturated rings. The topological polar surface area (TPSA) is 3.24 Å². The SMILES string of the molecule is CC(C)N1C(=S)c2cccc3c(Br)ccc1c23. The van der Waals surface area contributed by atoms with Crippen molar-refractivity contribution in [3.63, 3.8) is 0 Å². The number of anilines is 1. The van der Waals surface area contributed by atoms with Crippen molar-refractivity contribution in [2.24, 2.45) is 0 Å². The maximum atomic E-state index is 5.59. The van der Waals surface area contributed by atoms with Crippen LogP contribution in [-0.4, -0.2) is 11.0 Å². The summed E-state index contributed by atoms with van der Waals surface area (Å²) in [6.45, 7) is 4.35. The normalized spacial score (nSPS) is 14.1. The smallest absolute Gasteiger partial charge is 0.114 e. The Hall–Kier alpha value is -0.930. The molecular weight excluding hydrogens is 294 g/mol. The van der Waals surface area contributed by atoms with E-state index < -0.39 is 0 Å². The molecule has 0 unspecified atom stereocenters. The van der Waals surface area contributed by atoms with Crippen LogP contribution in [0.2, 0.25) is 0 Å². The Morgan fingerprint density at radius 3 is 2.65 bits per heavy atom. The van der Waals surface area contributed by atoms with Crippen molar-refractivity contribution >= 4 is 49.6 Å². The van der Waals surface area contributed by atoms with Gasteiger partial charge >= 0.3 is 0 Å². The molecule has 1 aliphatic rings. The van der Waals surface area contributed by atoms with Crippen LogP contribution in [0.25, 0.3) is 10.8 Å². The van der Waals surface area contributed by atoms with Crippen molar-refractivity contribution in [3.8, 4) is 0 Å². The molecule has 0 spiro atoms. The summed E-state index contributed by atoms with van der Waals surface area (Å²) in [4.78, 5) is 3.18. The highest BCUT2D eigenvalue weighted by Crippen LogP contribution is 2.41. The molecule has 0 aliphatic carbocycles. The Balaban J connectivity index is 2.43. The Morgan fingerprint density at radius 2 is 1.94 bits per heavy atom. The number of thiocarbonyl (C=S) groups is 1. The van der Waals surface area contributed by atoms with Gasteiger partial charge in [-0.1, -0.05) is 46.3 Å². The maximum Gasteiger partial charge on any atom is 0.114 e. The molecule has 1 nitrogen and oxygen atoms in total. The lowest BCUT2D eigenvalue weighted by atomic mass is 10.1. The summed E-state index contributed by atoms with van der Waals surface area (Å²) in [6, 6.07) is 11.0. The molecule has 17 heavy (non-hydrogen) atoms. The van der Waals surface area contributed by atoms with E-state index >= 15 is 0 Å². The second-order valence-electron chi connectivity index (χ2n) is 4.56. The van der Waals surface area contributed by atoms with Crippen LogP contribution in [0, 0.1) is 0 Å². The summed E-state index contributed by atoms with van der Waals surface area (Å²) in [7, 11) is 0. The first-order valence-electron chi connectivity index (χ1n) is 5.66. The van der Waals surface area contributed by atoms with Gasteiger partial charge in [-0.25, -0.2) is 0 Å². The molecule has 1 heterocycles. The Labute approximate surface area is 115 Å². The summed E-state index contributed by atoms with van der Waals surface area (Å²) in [5.74, 6) is 0. The molecule has 0 N–H and O–H groups in total. The highest BCUT2D eigenvalue weighted by Gasteiger charge is 2.28. The average molecular weight is 306 g/mol. The largest absolute Gasteiger partial charge is 0.329 e. The second kappa shape index (κ2) is 3.79. The molecule has 3 heteroatoms. The first-order valence-corrected chi connectivity index (χ1v) is 6.86. The maximum absolute atomic E-state index is 5.59. The van der Waals surface area contributed by atoms with E-state index in [0.29, 0.717) is 6.04 Å². The number of nitrogens with zero attached hydrogens (tertiary/aromatic N) is 1. The molecule has 0 atom stereocenters. The van der Waals surface area contributed by atoms with Gasteiger partial charge in [0.15, 0.2) is 0 Å². The summed E-state index contributed by atoms with van der Waals surface area (Å²) in [6.07, 6.45) is 0. The summed E-state index contributed by atoms with van der Waals surface area (Å²) in [5.41, 5.74) is 2.42. The molecule has 0 saturated carbocycles. The third kappa shape index (κ3) is 1.45. The van der Waals surface area contributed by atoms with Gasteiger partial charge in [-0.2, -0.15) is 0 Å². The van der Waals surface area contributed by atoms with Gasteiger partial charge in [0.1, 0.15) is 4.99 Å². The lowest BCUT2D eigenvalue weighted by Crippen LogP contribution is -2.32. The van der Waals surface area contributed by atoms with Gasteiger partial charge in [0.2, 0.25) is 0 Å². The van der Waals surface area contributed by atoms with Crippen molar-refractivity contribution in [1.82, 2.24) is 0 Å². The summed E-state index contributed by atoms with van der Waals surface area (Å²) >= 11 is 9.20. The van der Waals surface area contributed by atoms with Gasteiger partial charge in [0.05, 0.1) is 5.69 Å². The quantitative estimate of drug-likeness (QED) is 0.713. The van der Waals surface area contributed by atoms with E-state index in [1.165, 1.54) is 22.0 Å². The van der Waals surface area contributed by atoms with Crippen LogP contribution in [0.4, 0.5) is 5.69 Å². The number of halogens is 1. The van der Waals surface area contributed by atoms with Crippen LogP contribution in [0.1, 0.15) is 19.4 Å². The standard InChI is InChI=1S/C14H12BrNS/c1-8(2)16-12-7-6-11(15)9-4-3-5-10(13(9)12)14(16)17/h3-8H,1-2H3. The number of hydrogen-bond donors (Lipinski definition) is 0. The first kappa shape index (κ1) is 11.2. The second-order valence-corrected chi connectivity index (χ2v) is 5.80. The zero-order chi connectivity index (χ0) is 12.2. The van der Waals surface area contributed by atoms with Crippen LogP contribution in [-0.2, 0) is 0 Å². The van der Waals surface area contributed by atoms with Crippen LogP contribution in [0.3, 0.4) is 0 Å². The van der Waals surface area contributed by atoms with Crippen molar-refractivity contribution in [1.29, 1.82) is 0 Å². The number of rotatable bonds is 1. The highest BCUT2D eigenvalue weighted by atomic mass is 79.9. The molecular formula is C14H12BrNS. The fraction of sp³-hybridized carbons (Fsp3) is 0.214. The molecule has 0 bridgehead atoms. The van der Waals surface area contributed by atoms with E-state index in [0.717, 1.165) is 9.46 Å². The van der Waals surface area contributed by atoms with E-state index in [2.05, 4.69) is 65.0 Å². The Bertz CT molecular complexity index is 633. The van der Waals surface area contributed by atoms with Crippen LogP contribution < -0.4 is 4.90 Å². The van der Waals surface area contributed by atoms with Gasteiger partial charge in [0.25, 0.3) is 0 Å². The molecule has 1 aliphatic heterocycles. The van der Waals surface area contributed by atoms with E-state index in [1.54, 1.807) is 0 Å². The van der Waals surface area contributed by atoms with E-state index in [1.807, 2.05) is 0 Å². The van der Waals surface area contributed by atoms with Crippen molar-refractivity contribution in [3.05, 3.63) is 40.4 Å². The molecule has 0 aromatic heterocycles. The predicted molar refractivity (Wildman–Crippen MR) is 81.0 cm³/mol. The third-order valence-corrected chi connectivity index (χ3v) is 4.30. The minimum absolute atomic E-state index is 0.388. The molecule has 0 amide bonds. The molecule has 2 aromatic carbocycles. The van der Waals surface area contributed by atoms with Gasteiger partial charge in [-0.05, 0) is 31.4 Å². The Morgan fingerprint density at radius 1 is 1.18 bits per heavy atom. The van der Waals surface area contributed by atoms with E-state index in [9.17, 15) is 0 Å². The van der Waals surface area contributed by atoms with Crippen LogP contribution >= 0.6 is 28.1 Å². The lowest BCUT2D eigenvalue weighted by molar-refractivity contribution is 0.819. The van der Waals surface area contributed by atoms with Crippen molar-refractivity contribution in [2.45, 2.75) is 19.9 Å². The van der Waals surface area contributed by atoms with E-state index in [4.69, 9.17) is 12.2 Å². The highest BCUT2D eigenvalue weighted by molar-refractivity contribution is 9.10. The summed E-state index contributed by atoms with van der Waals surface area (Å²) < 4.78 is 1.13. The molecule has 3 rings (SSSR count). The monoisotopic (exact) mass is 305 g/mol. The van der Waals surface area contributed by atoms with Crippen molar-refractivity contribution in [2.75, 3.05) is 4.90 Å². The number of benzene rings is 2. The van der Waals surface area contributed by atoms with Gasteiger partial charge in [-0.3, -0.25) is 0 Å². The van der Waals surface area contributed by atoms with E-state index in [-0.39, 0.29) is 0 Å². The summed E-state index contributed by atoms with van der Waals surface area (Å²) in [5, 5.41) is 2.52. The molecule has 0 saturated heterocycles. The fourth-order valence-corrected chi connectivity index (χ4v) is 3.43. The zero-order valence-corrected chi connectivity index (χ0v) is 12.1. The van der Waals surface area contributed by atoms with Gasteiger partial charge < -0.3 is 4.90 Å². The predicted octanol–water partition coefficient (Wildman–Crippen LogP) is 4.51. The zero-order valence-electron chi connectivity index (χ0n) is 9.70. The minimum Gasteiger partial charge on any atom is -0.329 e. The lowest BCUT2D eigenvalue weighted by Gasteiger charge is -2.24. The molecule has 0 radical (unpaired) electrons.